The molecule has 3 rings (SSSR count). The highest BCUT2D eigenvalue weighted by molar-refractivity contribution is 5.96. The van der Waals surface area contributed by atoms with Gasteiger partial charge in [-0.3, -0.25) is 9.59 Å². The Hall–Kier alpha value is -3.48. The molecule has 0 spiro atoms. The Balaban J connectivity index is 1.61. The summed E-state index contributed by atoms with van der Waals surface area (Å²) >= 11 is 0. The van der Waals surface area contributed by atoms with E-state index >= 15 is 0 Å². The molecular formula is C20H20N3O4+. The number of rotatable bonds is 8. The van der Waals surface area contributed by atoms with Crippen molar-refractivity contribution in [1.82, 2.24) is 9.78 Å². The Kier molecular flexibility index (Phi) is 5.61. The van der Waals surface area contributed by atoms with E-state index in [1.807, 2.05) is 0 Å². The molecule has 7 nitrogen and oxygen atoms in total. The molecule has 27 heavy (non-hydrogen) atoms. The van der Waals surface area contributed by atoms with Gasteiger partial charge in [-0.15, -0.1) is 4.68 Å². The summed E-state index contributed by atoms with van der Waals surface area (Å²) in [5.41, 5.74) is 1.16. The van der Waals surface area contributed by atoms with Crippen LogP contribution in [0.1, 0.15) is 20.7 Å². The van der Waals surface area contributed by atoms with E-state index in [4.69, 9.17) is 9.47 Å². The number of nitrogens with zero attached hydrogens (tertiary/aromatic N) is 3. The Morgan fingerprint density at radius 1 is 0.889 bits per heavy atom. The molecule has 0 atom stereocenters. The van der Waals surface area contributed by atoms with E-state index in [1.54, 1.807) is 73.6 Å². The summed E-state index contributed by atoms with van der Waals surface area (Å²) in [5, 5.41) is 4.15. The van der Waals surface area contributed by atoms with Crippen molar-refractivity contribution in [2.45, 2.75) is 13.1 Å². The summed E-state index contributed by atoms with van der Waals surface area (Å²) in [6, 6.07) is 13.8. The molecule has 3 aromatic rings. The van der Waals surface area contributed by atoms with Crippen LogP contribution in [-0.4, -0.2) is 35.6 Å². The maximum Gasteiger partial charge on any atom is 0.265 e. The first-order valence-corrected chi connectivity index (χ1v) is 8.35. The number of hydrogen-bond acceptors (Lipinski definition) is 5. The van der Waals surface area contributed by atoms with E-state index in [0.717, 1.165) is 0 Å². The highest BCUT2D eigenvalue weighted by atomic mass is 16.5. The van der Waals surface area contributed by atoms with Gasteiger partial charge in [0.25, 0.3) is 6.33 Å². The highest BCUT2D eigenvalue weighted by Gasteiger charge is 2.15. The first-order chi connectivity index (χ1) is 13.1. The van der Waals surface area contributed by atoms with Crippen LogP contribution in [0.2, 0.25) is 0 Å². The molecular weight excluding hydrogens is 346 g/mol. The third kappa shape index (κ3) is 4.58. The van der Waals surface area contributed by atoms with Crippen LogP contribution in [0.3, 0.4) is 0 Å². The zero-order chi connectivity index (χ0) is 19.2. The van der Waals surface area contributed by atoms with Gasteiger partial charge in [-0.05, 0) is 48.5 Å². The fourth-order valence-corrected chi connectivity index (χ4v) is 2.58. The Bertz CT molecular complexity index is 855. The number of methoxy groups -OCH3 is 2. The lowest BCUT2D eigenvalue weighted by Crippen LogP contribution is -2.36. The van der Waals surface area contributed by atoms with Crippen molar-refractivity contribution < 1.29 is 23.6 Å². The second kappa shape index (κ2) is 8.27. The number of carbonyl (C=O) groups excluding carboxylic acids is 2. The molecule has 1 aromatic heterocycles. The standard InChI is InChI=1S/C20H20N3O4/c1-26-17-7-3-15(4-8-17)19(24)11-22-13-21-23(14-22)12-20(25)16-5-9-18(27-2)10-6-16/h3-10,13-14H,11-12H2,1-2H3/q+1. The van der Waals surface area contributed by atoms with E-state index in [9.17, 15) is 9.59 Å². The topological polar surface area (TPSA) is 74.3 Å². The van der Waals surface area contributed by atoms with Crippen LogP contribution in [0.4, 0.5) is 0 Å². The Labute approximate surface area is 156 Å². The maximum absolute atomic E-state index is 12.3. The number of Topliss-reactive ketones (excluding diaryl/α,β-unsaturated/α-hetero) is 2. The minimum Gasteiger partial charge on any atom is -0.497 e. The van der Waals surface area contributed by atoms with E-state index in [1.165, 1.54) is 11.0 Å². The van der Waals surface area contributed by atoms with Crippen molar-refractivity contribution in [3.05, 3.63) is 72.3 Å². The molecule has 0 radical (unpaired) electrons. The van der Waals surface area contributed by atoms with Crippen LogP contribution in [0, 0.1) is 0 Å². The molecule has 138 valence electrons. The fourth-order valence-electron chi connectivity index (χ4n) is 2.58. The zero-order valence-corrected chi connectivity index (χ0v) is 15.2. The number of benzene rings is 2. The number of ketones is 2. The number of carbonyl (C=O) groups is 2. The van der Waals surface area contributed by atoms with Crippen molar-refractivity contribution in [2.24, 2.45) is 0 Å². The highest BCUT2D eigenvalue weighted by Crippen LogP contribution is 2.13. The van der Waals surface area contributed by atoms with Gasteiger partial charge in [0, 0.05) is 16.2 Å². The van der Waals surface area contributed by atoms with Gasteiger partial charge in [0.2, 0.25) is 6.33 Å². The molecule has 0 saturated carbocycles. The van der Waals surface area contributed by atoms with Gasteiger partial charge in [0.1, 0.15) is 18.0 Å². The molecule has 0 bridgehead atoms. The maximum atomic E-state index is 12.3. The monoisotopic (exact) mass is 366 g/mol. The predicted octanol–water partition coefficient (Wildman–Crippen LogP) is 1.95. The van der Waals surface area contributed by atoms with Crippen LogP contribution in [0.15, 0.2) is 61.2 Å². The van der Waals surface area contributed by atoms with E-state index < -0.39 is 0 Å². The lowest BCUT2D eigenvalue weighted by atomic mass is 10.1. The van der Waals surface area contributed by atoms with Crippen molar-refractivity contribution in [2.75, 3.05) is 14.2 Å². The minimum atomic E-state index is -0.0746. The molecule has 0 aliphatic rings. The van der Waals surface area contributed by atoms with Gasteiger partial charge < -0.3 is 9.47 Å². The summed E-state index contributed by atoms with van der Waals surface area (Å²) in [6.07, 6.45) is 3.17. The lowest BCUT2D eigenvalue weighted by molar-refractivity contribution is -0.683. The molecule has 0 saturated heterocycles. The minimum absolute atomic E-state index is 0.0521. The summed E-state index contributed by atoms with van der Waals surface area (Å²) in [4.78, 5) is 24.7. The first kappa shape index (κ1) is 18.3. The van der Waals surface area contributed by atoms with Crippen LogP contribution in [0.25, 0.3) is 0 Å². The van der Waals surface area contributed by atoms with Crippen molar-refractivity contribution in [3.63, 3.8) is 0 Å². The molecule has 0 fully saturated rings. The second-order valence-electron chi connectivity index (χ2n) is 5.92. The van der Waals surface area contributed by atoms with E-state index in [-0.39, 0.29) is 24.7 Å². The summed E-state index contributed by atoms with van der Waals surface area (Å²) in [5.74, 6) is 1.27. The lowest BCUT2D eigenvalue weighted by Gasteiger charge is -2.02. The predicted molar refractivity (Wildman–Crippen MR) is 97.1 cm³/mol. The van der Waals surface area contributed by atoms with Crippen molar-refractivity contribution in [3.8, 4) is 11.5 Å². The van der Waals surface area contributed by atoms with Gasteiger partial charge in [0.05, 0.1) is 14.2 Å². The van der Waals surface area contributed by atoms with Crippen molar-refractivity contribution >= 4 is 11.6 Å². The molecule has 7 heteroatoms. The van der Waals surface area contributed by atoms with Crippen LogP contribution < -0.4 is 14.0 Å². The van der Waals surface area contributed by atoms with Crippen LogP contribution >= 0.6 is 0 Å². The average Bonchev–Trinajstić information content (AvgIpc) is 3.14. The van der Waals surface area contributed by atoms with Crippen LogP contribution in [-0.2, 0) is 13.1 Å². The summed E-state index contributed by atoms with van der Waals surface area (Å²) < 4.78 is 13.3. The number of hydrogen-bond donors (Lipinski definition) is 0. The van der Waals surface area contributed by atoms with Gasteiger partial charge in [-0.2, -0.15) is 0 Å². The van der Waals surface area contributed by atoms with E-state index in [0.29, 0.717) is 22.6 Å². The molecule has 0 aliphatic carbocycles. The van der Waals surface area contributed by atoms with Crippen molar-refractivity contribution in [1.29, 1.82) is 0 Å². The molecule has 0 N–H and O–H groups in total. The summed E-state index contributed by atoms with van der Waals surface area (Å²) in [6.45, 7) is 0.235. The smallest absolute Gasteiger partial charge is 0.265 e. The van der Waals surface area contributed by atoms with E-state index in [2.05, 4.69) is 5.10 Å². The molecule has 0 unspecified atom stereocenters. The molecule has 0 aliphatic heterocycles. The van der Waals surface area contributed by atoms with Gasteiger partial charge >= 0.3 is 0 Å². The Morgan fingerprint density at radius 3 is 1.93 bits per heavy atom. The first-order valence-electron chi connectivity index (χ1n) is 8.35. The van der Waals surface area contributed by atoms with Gasteiger partial charge in [-0.1, -0.05) is 0 Å². The summed E-state index contributed by atoms with van der Waals surface area (Å²) in [7, 11) is 3.15. The largest absolute Gasteiger partial charge is 0.497 e. The second-order valence-corrected chi connectivity index (χ2v) is 5.92. The Morgan fingerprint density at radius 2 is 1.41 bits per heavy atom. The van der Waals surface area contributed by atoms with Crippen LogP contribution in [0.5, 0.6) is 11.5 Å². The molecule has 2 aromatic carbocycles. The number of aromatic nitrogens is 3. The normalized spacial score (nSPS) is 10.4. The fraction of sp³-hybridized carbons (Fsp3) is 0.200. The molecule has 0 amide bonds. The van der Waals surface area contributed by atoms with Gasteiger partial charge in [0.15, 0.2) is 18.1 Å². The number of ether oxygens (including phenoxy) is 2. The SMILES string of the molecule is COc1ccc(C(=O)Cn2c[n+](CC(=O)c3ccc(OC)cc3)cn2)cc1. The third-order valence-electron chi connectivity index (χ3n) is 4.09. The quantitative estimate of drug-likeness (QED) is 0.450. The average molecular weight is 366 g/mol. The zero-order valence-electron chi connectivity index (χ0n) is 15.2. The molecule has 1 heterocycles. The van der Waals surface area contributed by atoms with Gasteiger partial charge in [-0.25, -0.2) is 4.57 Å². The third-order valence-corrected chi connectivity index (χ3v) is 4.09.